The zero-order chi connectivity index (χ0) is 17.4. The van der Waals surface area contributed by atoms with Gasteiger partial charge in [-0.2, -0.15) is 0 Å². The first kappa shape index (κ1) is 15.3. The van der Waals surface area contributed by atoms with Crippen LogP contribution < -0.4 is 18.9 Å². The number of ether oxygens (including phenoxy) is 4. The molecule has 0 radical (unpaired) electrons. The Morgan fingerprint density at radius 3 is 2.68 bits per heavy atom. The van der Waals surface area contributed by atoms with Crippen molar-refractivity contribution in [2.45, 2.75) is 6.54 Å². The standard InChI is InChI=1S/C18H15NO6/c1-22-12-3-4-13-15(7-12)23-9-17(20)19(18(13)21)8-11-2-5-14-16(6-11)25-10-24-14/h2-7H,8-10H2,1H3. The Balaban J connectivity index is 1.64. The van der Waals surface area contributed by atoms with Crippen LogP contribution in [-0.4, -0.2) is 37.2 Å². The van der Waals surface area contributed by atoms with E-state index in [2.05, 4.69) is 0 Å². The van der Waals surface area contributed by atoms with Gasteiger partial charge in [-0.25, -0.2) is 0 Å². The maximum absolute atomic E-state index is 12.8. The van der Waals surface area contributed by atoms with Crippen molar-refractivity contribution < 1.29 is 28.5 Å². The molecule has 2 aromatic carbocycles. The van der Waals surface area contributed by atoms with Gasteiger partial charge in [0.2, 0.25) is 6.79 Å². The topological polar surface area (TPSA) is 74.3 Å². The Morgan fingerprint density at radius 1 is 1.00 bits per heavy atom. The van der Waals surface area contributed by atoms with Crippen molar-refractivity contribution in [1.82, 2.24) is 4.90 Å². The van der Waals surface area contributed by atoms with Crippen LogP contribution >= 0.6 is 0 Å². The molecule has 7 heteroatoms. The van der Waals surface area contributed by atoms with Gasteiger partial charge in [0, 0.05) is 6.07 Å². The average Bonchev–Trinajstić information content (AvgIpc) is 3.07. The van der Waals surface area contributed by atoms with Crippen molar-refractivity contribution in [1.29, 1.82) is 0 Å². The minimum absolute atomic E-state index is 0.128. The van der Waals surface area contributed by atoms with E-state index in [-0.39, 0.29) is 19.9 Å². The van der Waals surface area contributed by atoms with E-state index in [1.54, 1.807) is 36.4 Å². The molecule has 4 rings (SSSR count). The van der Waals surface area contributed by atoms with E-state index in [0.717, 1.165) is 5.56 Å². The molecule has 2 aliphatic rings. The Labute approximate surface area is 143 Å². The largest absolute Gasteiger partial charge is 0.497 e. The highest BCUT2D eigenvalue weighted by Gasteiger charge is 2.30. The summed E-state index contributed by atoms with van der Waals surface area (Å²) in [6.07, 6.45) is 0. The van der Waals surface area contributed by atoms with Crippen LogP contribution in [0.15, 0.2) is 36.4 Å². The van der Waals surface area contributed by atoms with Crippen molar-refractivity contribution in [3.8, 4) is 23.0 Å². The predicted molar refractivity (Wildman–Crippen MR) is 85.9 cm³/mol. The molecule has 0 saturated carbocycles. The third-order valence-corrected chi connectivity index (χ3v) is 4.09. The number of imide groups is 1. The second-order valence-electron chi connectivity index (χ2n) is 5.62. The Kier molecular flexibility index (Phi) is 3.68. The van der Waals surface area contributed by atoms with Crippen LogP contribution in [-0.2, 0) is 11.3 Å². The van der Waals surface area contributed by atoms with E-state index in [4.69, 9.17) is 18.9 Å². The highest BCUT2D eigenvalue weighted by molar-refractivity contribution is 6.07. The number of carbonyl (C=O) groups excluding carboxylic acids is 2. The van der Waals surface area contributed by atoms with Crippen LogP contribution in [0.25, 0.3) is 0 Å². The maximum atomic E-state index is 12.8. The molecule has 2 aromatic rings. The lowest BCUT2D eigenvalue weighted by Gasteiger charge is -2.18. The Morgan fingerprint density at radius 2 is 1.84 bits per heavy atom. The number of carbonyl (C=O) groups is 2. The highest BCUT2D eigenvalue weighted by atomic mass is 16.7. The van der Waals surface area contributed by atoms with E-state index in [1.165, 1.54) is 12.0 Å². The summed E-state index contributed by atoms with van der Waals surface area (Å²) < 4.78 is 21.2. The van der Waals surface area contributed by atoms with Crippen LogP contribution in [0.2, 0.25) is 0 Å². The fraction of sp³-hybridized carbons (Fsp3) is 0.222. The molecule has 0 spiro atoms. The normalized spacial score (nSPS) is 15.5. The first-order chi connectivity index (χ1) is 12.2. The minimum atomic E-state index is -0.405. The van der Waals surface area contributed by atoms with Crippen molar-refractivity contribution in [2.75, 3.05) is 20.5 Å². The zero-order valence-electron chi connectivity index (χ0n) is 13.5. The van der Waals surface area contributed by atoms with Gasteiger partial charge in [0.05, 0.1) is 19.2 Å². The first-order valence-corrected chi connectivity index (χ1v) is 7.70. The van der Waals surface area contributed by atoms with Crippen molar-refractivity contribution in [2.24, 2.45) is 0 Å². The molecule has 2 aliphatic heterocycles. The minimum Gasteiger partial charge on any atom is -0.497 e. The number of fused-ring (bicyclic) bond motifs is 2. The van der Waals surface area contributed by atoms with Gasteiger partial charge in [-0.15, -0.1) is 0 Å². The van der Waals surface area contributed by atoms with E-state index >= 15 is 0 Å². The number of benzene rings is 2. The molecule has 0 fully saturated rings. The number of amides is 2. The van der Waals surface area contributed by atoms with Crippen molar-refractivity contribution >= 4 is 11.8 Å². The molecule has 25 heavy (non-hydrogen) atoms. The monoisotopic (exact) mass is 341 g/mol. The van der Waals surface area contributed by atoms with E-state index in [1.807, 2.05) is 0 Å². The number of hydrogen-bond acceptors (Lipinski definition) is 6. The van der Waals surface area contributed by atoms with Crippen molar-refractivity contribution in [3.05, 3.63) is 47.5 Å². The van der Waals surface area contributed by atoms with Gasteiger partial charge in [-0.3, -0.25) is 14.5 Å². The molecule has 128 valence electrons. The molecule has 2 amide bonds. The summed E-state index contributed by atoms with van der Waals surface area (Å²) in [7, 11) is 1.53. The molecular weight excluding hydrogens is 326 g/mol. The highest BCUT2D eigenvalue weighted by Crippen LogP contribution is 2.33. The van der Waals surface area contributed by atoms with Gasteiger partial charge in [-0.1, -0.05) is 6.07 Å². The molecule has 7 nitrogen and oxygen atoms in total. The average molecular weight is 341 g/mol. The summed E-state index contributed by atoms with van der Waals surface area (Å²) in [6, 6.07) is 10.2. The molecule has 0 saturated heterocycles. The smallest absolute Gasteiger partial charge is 0.267 e. The van der Waals surface area contributed by atoms with E-state index < -0.39 is 11.8 Å². The fourth-order valence-electron chi connectivity index (χ4n) is 2.78. The molecular formula is C18H15NO6. The summed E-state index contributed by atoms with van der Waals surface area (Å²) in [5, 5.41) is 0. The number of methoxy groups -OCH3 is 1. The van der Waals surface area contributed by atoms with Crippen LogP contribution in [0.1, 0.15) is 15.9 Å². The quantitative estimate of drug-likeness (QED) is 0.795. The molecule has 0 aliphatic carbocycles. The number of nitrogens with zero attached hydrogens (tertiary/aromatic N) is 1. The Hall–Kier alpha value is -3.22. The Bertz CT molecular complexity index is 863. The molecule has 2 heterocycles. The second kappa shape index (κ2) is 6.01. The molecule has 0 bridgehead atoms. The van der Waals surface area contributed by atoms with Crippen LogP contribution in [0.4, 0.5) is 0 Å². The zero-order valence-corrected chi connectivity index (χ0v) is 13.5. The molecule has 0 atom stereocenters. The second-order valence-corrected chi connectivity index (χ2v) is 5.62. The maximum Gasteiger partial charge on any atom is 0.267 e. The first-order valence-electron chi connectivity index (χ1n) is 7.70. The fourth-order valence-corrected chi connectivity index (χ4v) is 2.78. The van der Waals surface area contributed by atoms with Gasteiger partial charge < -0.3 is 18.9 Å². The molecule has 0 aromatic heterocycles. The van der Waals surface area contributed by atoms with Gasteiger partial charge >= 0.3 is 0 Å². The molecule has 0 N–H and O–H groups in total. The lowest BCUT2D eigenvalue weighted by atomic mass is 10.1. The van der Waals surface area contributed by atoms with Gasteiger partial charge in [-0.05, 0) is 29.8 Å². The summed E-state index contributed by atoms with van der Waals surface area (Å²) in [4.78, 5) is 26.4. The lowest BCUT2D eigenvalue weighted by Crippen LogP contribution is -2.37. The van der Waals surface area contributed by atoms with Crippen molar-refractivity contribution in [3.63, 3.8) is 0 Å². The van der Waals surface area contributed by atoms with E-state index in [0.29, 0.717) is 28.6 Å². The summed E-state index contributed by atoms with van der Waals surface area (Å²) in [5.74, 6) is 1.34. The summed E-state index contributed by atoms with van der Waals surface area (Å²) in [6.45, 7) is 0.0863. The number of rotatable bonds is 3. The van der Waals surface area contributed by atoms with Crippen LogP contribution in [0, 0.1) is 0 Å². The summed E-state index contributed by atoms with van der Waals surface area (Å²) in [5.41, 5.74) is 1.09. The summed E-state index contributed by atoms with van der Waals surface area (Å²) >= 11 is 0. The molecule has 0 unspecified atom stereocenters. The van der Waals surface area contributed by atoms with Crippen LogP contribution in [0.5, 0.6) is 23.0 Å². The third kappa shape index (κ3) is 2.73. The van der Waals surface area contributed by atoms with Crippen LogP contribution in [0.3, 0.4) is 0 Å². The van der Waals surface area contributed by atoms with Gasteiger partial charge in [0.25, 0.3) is 11.8 Å². The third-order valence-electron chi connectivity index (χ3n) is 4.09. The van der Waals surface area contributed by atoms with E-state index in [9.17, 15) is 9.59 Å². The van der Waals surface area contributed by atoms with Gasteiger partial charge in [0.1, 0.15) is 11.5 Å². The van der Waals surface area contributed by atoms with Gasteiger partial charge in [0.15, 0.2) is 18.1 Å². The SMILES string of the molecule is COc1ccc2c(c1)OCC(=O)N(Cc1ccc3c(c1)OCO3)C2=O. The lowest BCUT2D eigenvalue weighted by molar-refractivity contribution is -0.130. The predicted octanol–water partition coefficient (Wildman–Crippen LogP) is 1.99. The number of hydrogen-bond donors (Lipinski definition) is 0.